The number of carbonyl (C=O) groups is 1. The van der Waals surface area contributed by atoms with Crippen molar-refractivity contribution in [2.45, 2.75) is 33.1 Å². The quantitative estimate of drug-likeness (QED) is 0.905. The molecule has 1 aromatic heterocycles. The van der Waals surface area contributed by atoms with E-state index >= 15 is 0 Å². The number of hydrogen-bond donors (Lipinski definition) is 1. The van der Waals surface area contributed by atoms with Crippen molar-refractivity contribution in [3.63, 3.8) is 0 Å². The topological polar surface area (TPSA) is 63.3 Å². The Bertz CT molecular complexity index is 584. The van der Waals surface area contributed by atoms with Crippen molar-refractivity contribution >= 4 is 5.97 Å². The molecule has 4 nitrogen and oxygen atoms in total. The van der Waals surface area contributed by atoms with E-state index in [2.05, 4.69) is 19.0 Å². The zero-order valence-corrected chi connectivity index (χ0v) is 11.3. The summed E-state index contributed by atoms with van der Waals surface area (Å²) in [6, 6.07) is 7.78. The van der Waals surface area contributed by atoms with Crippen LogP contribution >= 0.6 is 0 Å². The lowest BCUT2D eigenvalue weighted by molar-refractivity contribution is 0.0696. The van der Waals surface area contributed by atoms with E-state index in [1.165, 1.54) is 5.56 Å². The van der Waals surface area contributed by atoms with E-state index in [-0.39, 0.29) is 5.56 Å². The number of aryl methyl sites for hydroxylation is 1. The first-order chi connectivity index (χ1) is 9.04. The van der Waals surface area contributed by atoms with E-state index in [0.29, 0.717) is 17.4 Å². The lowest BCUT2D eigenvalue weighted by Gasteiger charge is -2.09. The van der Waals surface area contributed by atoms with Crippen LogP contribution in [-0.4, -0.2) is 16.2 Å². The third-order valence-corrected chi connectivity index (χ3v) is 3.43. The van der Waals surface area contributed by atoms with Crippen molar-refractivity contribution in [3.8, 4) is 11.3 Å². The molecule has 4 heteroatoms. The highest BCUT2D eigenvalue weighted by Gasteiger charge is 2.21. The van der Waals surface area contributed by atoms with Crippen molar-refractivity contribution in [2.24, 2.45) is 0 Å². The van der Waals surface area contributed by atoms with Gasteiger partial charge in [0, 0.05) is 5.56 Å². The summed E-state index contributed by atoms with van der Waals surface area (Å²) < 4.78 is 5.14. The second-order valence-electron chi connectivity index (χ2n) is 4.71. The first-order valence-electron chi connectivity index (χ1n) is 6.34. The van der Waals surface area contributed by atoms with Gasteiger partial charge in [-0.05, 0) is 24.8 Å². The Morgan fingerprint density at radius 3 is 2.53 bits per heavy atom. The summed E-state index contributed by atoms with van der Waals surface area (Å²) in [7, 11) is 0. The van der Waals surface area contributed by atoms with E-state index in [9.17, 15) is 9.90 Å². The molecule has 0 spiro atoms. The zero-order valence-electron chi connectivity index (χ0n) is 11.3. The van der Waals surface area contributed by atoms with E-state index in [0.717, 1.165) is 12.0 Å². The van der Waals surface area contributed by atoms with Gasteiger partial charge in [-0.3, -0.25) is 0 Å². The minimum absolute atomic E-state index is 0.135. The van der Waals surface area contributed by atoms with Gasteiger partial charge in [0.25, 0.3) is 0 Å². The second kappa shape index (κ2) is 5.26. The summed E-state index contributed by atoms with van der Waals surface area (Å²) in [6.07, 6.45) is 1.07. The first kappa shape index (κ1) is 13.3. The van der Waals surface area contributed by atoms with Crippen LogP contribution in [0, 0.1) is 6.92 Å². The van der Waals surface area contributed by atoms with Gasteiger partial charge in [-0.25, -0.2) is 4.79 Å². The highest BCUT2D eigenvalue weighted by Crippen LogP contribution is 2.28. The van der Waals surface area contributed by atoms with Crippen LogP contribution in [0.5, 0.6) is 0 Å². The Morgan fingerprint density at radius 2 is 2.00 bits per heavy atom. The molecular formula is C15H17NO3. The fourth-order valence-corrected chi connectivity index (χ4v) is 2.02. The highest BCUT2D eigenvalue weighted by molar-refractivity contribution is 5.95. The molecule has 0 saturated heterocycles. The molecule has 0 saturated carbocycles. The Labute approximate surface area is 112 Å². The van der Waals surface area contributed by atoms with Crippen molar-refractivity contribution in [2.75, 3.05) is 0 Å². The maximum Gasteiger partial charge on any atom is 0.341 e. The lowest BCUT2D eigenvalue weighted by Crippen LogP contribution is -1.99. The van der Waals surface area contributed by atoms with Crippen LogP contribution in [0.4, 0.5) is 0 Å². The van der Waals surface area contributed by atoms with Gasteiger partial charge in [0.2, 0.25) is 0 Å². The van der Waals surface area contributed by atoms with Gasteiger partial charge in [-0.2, -0.15) is 0 Å². The summed E-state index contributed by atoms with van der Waals surface area (Å²) in [5.74, 6) is -0.204. The predicted octanol–water partition coefficient (Wildman–Crippen LogP) is 3.86. The van der Waals surface area contributed by atoms with E-state index in [1.807, 2.05) is 24.3 Å². The van der Waals surface area contributed by atoms with E-state index in [1.54, 1.807) is 6.92 Å². The molecular weight excluding hydrogens is 242 g/mol. The third-order valence-electron chi connectivity index (χ3n) is 3.43. The minimum atomic E-state index is -1.01. The Balaban J connectivity index is 2.40. The summed E-state index contributed by atoms with van der Waals surface area (Å²) in [6.45, 7) is 5.93. The standard InChI is InChI=1S/C15H17NO3/c1-4-9(2)11-5-7-12(8-6-11)14-13(15(17)18)10(3)16-19-14/h5-9H,4H2,1-3H3,(H,17,18). The fourth-order valence-electron chi connectivity index (χ4n) is 2.02. The molecule has 1 heterocycles. The number of nitrogens with zero attached hydrogens (tertiary/aromatic N) is 1. The summed E-state index contributed by atoms with van der Waals surface area (Å²) in [4.78, 5) is 11.2. The molecule has 2 aromatic rings. The number of benzene rings is 1. The molecule has 0 bridgehead atoms. The molecule has 1 N–H and O–H groups in total. The van der Waals surface area contributed by atoms with Crippen molar-refractivity contribution in [1.82, 2.24) is 5.16 Å². The fraction of sp³-hybridized carbons (Fsp3) is 0.333. The van der Waals surface area contributed by atoms with E-state index in [4.69, 9.17) is 4.52 Å². The Hall–Kier alpha value is -2.10. The molecule has 0 aliphatic rings. The minimum Gasteiger partial charge on any atom is -0.477 e. The summed E-state index contributed by atoms with van der Waals surface area (Å²) in [5.41, 5.74) is 2.51. The van der Waals surface area contributed by atoms with Crippen molar-refractivity contribution in [1.29, 1.82) is 0 Å². The molecule has 2 rings (SSSR count). The lowest BCUT2D eigenvalue weighted by atomic mass is 9.96. The largest absolute Gasteiger partial charge is 0.477 e. The average Bonchev–Trinajstić information content (AvgIpc) is 2.80. The Kier molecular flexibility index (Phi) is 3.69. The number of carboxylic acids is 1. The molecule has 0 aliphatic carbocycles. The number of carboxylic acid groups (broad SMARTS) is 1. The van der Waals surface area contributed by atoms with Crippen LogP contribution in [0.15, 0.2) is 28.8 Å². The van der Waals surface area contributed by atoms with Crippen LogP contribution in [0.3, 0.4) is 0 Å². The smallest absolute Gasteiger partial charge is 0.341 e. The molecule has 0 radical (unpaired) electrons. The van der Waals surface area contributed by atoms with Crippen LogP contribution < -0.4 is 0 Å². The SMILES string of the molecule is CCC(C)c1ccc(-c2onc(C)c2C(=O)O)cc1. The number of aromatic carboxylic acids is 1. The molecule has 0 fully saturated rings. The molecule has 100 valence electrons. The molecule has 1 unspecified atom stereocenters. The maximum absolute atomic E-state index is 11.2. The maximum atomic E-state index is 11.2. The third kappa shape index (κ3) is 2.52. The van der Waals surface area contributed by atoms with Gasteiger partial charge in [0.1, 0.15) is 5.56 Å². The molecule has 1 aromatic carbocycles. The predicted molar refractivity (Wildman–Crippen MR) is 72.3 cm³/mol. The van der Waals surface area contributed by atoms with Gasteiger partial charge < -0.3 is 9.63 Å². The van der Waals surface area contributed by atoms with Crippen LogP contribution in [0.2, 0.25) is 0 Å². The van der Waals surface area contributed by atoms with Crippen LogP contribution in [0.25, 0.3) is 11.3 Å². The summed E-state index contributed by atoms with van der Waals surface area (Å²) >= 11 is 0. The average molecular weight is 259 g/mol. The molecule has 0 aliphatic heterocycles. The number of hydrogen-bond acceptors (Lipinski definition) is 3. The first-order valence-corrected chi connectivity index (χ1v) is 6.34. The van der Waals surface area contributed by atoms with Gasteiger partial charge in [-0.1, -0.05) is 43.3 Å². The summed E-state index contributed by atoms with van der Waals surface area (Å²) in [5, 5.41) is 12.9. The van der Waals surface area contributed by atoms with Crippen molar-refractivity contribution < 1.29 is 14.4 Å². The van der Waals surface area contributed by atoms with Gasteiger partial charge in [-0.15, -0.1) is 0 Å². The zero-order chi connectivity index (χ0) is 14.0. The normalized spacial score (nSPS) is 12.4. The van der Waals surface area contributed by atoms with Gasteiger partial charge in [0.05, 0.1) is 5.69 Å². The Morgan fingerprint density at radius 1 is 1.37 bits per heavy atom. The van der Waals surface area contributed by atoms with Crippen molar-refractivity contribution in [3.05, 3.63) is 41.1 Å². The molecule has 1 atom stereocenters. The number of rotatable bonds is 4. The molecule has 19 heavy (non-hydrogen) atoms. The van der Waals surface area contributed by atoms with Crippen LogP contribution in [0.1, 0.15) is 47.8 Å². The van der Waals surface area contributed by atoms with Crippen LogP contribution in [-0.2, 0) is 0 Å². The number of aromatic nitrogens is 1. The second-order valence-corrected chi connectivity index (χ2v) is 4.71. The van der Waals surface area contributed by atoms with Gasteiger partial charge >= 0.3 is 5.97 Å². The monoisotopic (exact) mass is 259 g/mol. The van der Waals surface area contributed by atoms with E-state index < -0.39 is 5.97 Å². The molecule has 0 amide bonds. The highest BCUT2D eigenvalue weighted by atomic mass is 16.5. The van der Waals surface area contributed by atoms with Gasteiger partial charge in [0.15, 0.2) is 5.76 Å².